The van der Waals surface area contributed by atoms with Crippen LogP contribution in [-0.2, 0) is 16.0 Å². The van der Waals surface area contributed by atoms with Crippen molar-refractivity contribution in [2.45, 2.75) is 37.8 Å². The van der Waals surface area contributed by atoms with E-state index in [1.54, 1.807) is 24.3 Å². The van der Waals surface area contributed by atoms with Crippen molar-refractivity contribution in [1.82, 2.24) is 10.6 Å². The third-order valence-electron chi connectivity index (χ3n) is 3.59. The number of amides is 2. The normalized spacial score (nSPS) is 19.9. The molecule has 1 heterocycles. The molecule has 1 aliphatic heterocycles. The van der Waals surface area contributed by atoms with E-state index in [1.807, 2.05) is 0 Å². The Hall–Kier alpha value is -0.0281. The molecule has 122 valence electrons. The maximum absolute atomic E-state index is 12.1. The summed E-state index contributed by atoms with van der Waals surface area (Å²) in [5.41, 5.74) is 6.30. The van der Waals surface area contributed by atoms with Gasteiger partial charge in [-0.1, -0.05) is 12.1 Å². The molecule has 23 heavy (non-hydrogen) atoms. The van der Waals surface area contributed by atoms with Crippen LogP contribution in [0.15, 0.2) is 24.3 Å². The van der Waals surface area contributed by atoms with Crippen molar-refractivity contribution in [2.24, 2.45) is 5.73 Å². The van der Waals surface area contributed by atoms with Gasteiger partial charge >= 0.3 is 68.9 Å². The second kappa shape index (κ2) is 11.5. The zero-order chi connectivity index (χ0) is 15.2. The Labute approximate surface area is 196 Å². The molecular weight excluding hydrogens is 415 g/mol. The number of nitrogens with one attached hydrogen (secondary N) is 2. The molecule has 1 saturated heterocycles. The summed E-state index contributed by atoms with van der Waals surface area (Å²) in [6, 6.07) is 5.58. The second-order valence-electron chi connectivity index (χ2n) is 5.28. The van der Waals surface area contributed by atoms with Gasteiger partial charge in [0.2, 0.25) is 11.8 Å². The molecule has 2 rings (SSSR count). The van der Waals surface area contributed by atoms with E-state index in [4.69, 9.17) is 5.73 Å². The first kappa shape index (κ1) is 23.0. The average molecular weight is 439 g/mol. The first-order chi connectivity index (χ1) is 10.1. The van der Waals surface area contributed by atoms with Crippen molar-refractivity contribution in [1.29, 1.82) is 0 Å². The van der Waals surface area contributed by atoms with E-state index < -0.39 is 12.1 Å². The van der Waals surface area contributed by atoms with Crippen molar-refractivity contribution >= 4 is 11.8 Å². The van der Waals surface area contributed by atoms with Crippen LogP contribution in [0.4, 0.5) is 0 Å². The third kappa shape index (κ3) is 7.17. The molecule has 6 nitrogen and oxygen atoms in total. The summed E-state index contributed by atoms with van der Waals surface area (Å²) >= 11 is 0. The number of phenols is 1. The van der Waals surface area contributed by atoms with E-state index in [1.165, 1.54) is 0 Å². The number of hydrogen-bond donors (Lipinski definition) is 4. The fourth-order valence-electron chi connectivity index (χ4n) is 2.38. The summed E-state index contributed by atoms with van der Waals surface area (Å²) in [6.45, 7) is 0.589. The Kier molecular flexibility index (Phi) is 11.5. The minimum atomic E-state index is -0.562. The molecule has 5 N–H and O–H groups in total. The molecule has 0 radical (unpaired) electrons. The molecule has 1 aromatic rings. The standard InChI is InChI=1S/C15H21N3O3.CH3.Cs/c16-8-2-1-3-12-14(20)18-13(15(21)17-12)9-10-4-6-11(19)7-5-10;;/h4-7,12-13,19H,1-3,8-9,16H2,(H,17,21)(H,18,20);1H3;/q;-1;+1/t12?,13-;;/m0../s1. The minimum Gasteiger partial charge on any atom is -0.508 e. The molecule has 1 fully saturated rings. The number of benzene rings is 1. The van der Waals surface area contributed by atoms with E-state index in [-0.39, 0.29) is 93.9 Å². The van der Waals surface area contributed by atoms with Gasteiger partial charge in [0, 0.05) is 6.42 Å². The molecule has 1 aromatic carbocycles. The Morgan fingerprint density at radius 3 is 2.17 bits per heavy atom. The van der Waals surface area contributed by atoms with Gasteiger partial charge in [-0.15, -0.1) is 0 Å². The van der Waals surface area contributed by atoms with Crippen LogP contribution < -0.4 is 85.3 Å². The van der Waals surface area contributed by atoms with Crippen LogP contribution in [0.3, 0.4) is 0 Å². The molecule has 0 saturated carbocycles. The topological polar surface area (TPSA) is 104 Å². The number of carbonyl (C=O) groups excluding carboxylic acids is 2. The van der Waals surface area contributed by atoms with Crippen LogP contribution in [0.5, 0.6) is 5.75 Å². The van der Waals surface area contributed by atoms with Crippen LogP contribution in [0.1, 0.15) is 24.8 Å². The Morgan fingerprint density at radius 1 is 1.00 bits per heavy atom. The van der Waals surface area contributed by atoms with Gasteiger partial charge in [-0.3, -0.25) is 9.59 Å². The number of unbranched alkanes of at least 4 members (excludes halogenated alkanes) is 1. The summed E-state index contributed by atoms with van der Waals surface area (Å²) in [5, 5.41) is 14.8. The summed E-state index contributed by atoms with van der Waals surface area (Å²) in [6.07, 6.45) is 2.68. The smallest absolute Gasteiger partial charge is 0.508 e. The Balaban J connectivity index is 0.00000242. The first-order valence-electron chi connectivity index (χ1n) is 7.19. The molecule has 7 heteroatoms. The summed E-state index contributed by atoms with van der Waals surface area (Å²) in [4.78, 5) is 24.0. The number of phenolic OH excluding ortho intramolecular Hbond substituents is 1. The minimum absolute atomic E-state index is 0. The number of piperazine rings is 1. The number of aromatic hydroxyl groups is 1. The van der Waals surface area contributed by atoms with Gasteiger partial charge in [0.25, 0.3) is 0 Å². The number of rotatable bonds is 6. The zero-order valence-electron chi connectivity index (χ0n) is 13.8. The fourth-order valence-corrected chi connectivity index (χ4v) is 2.38. The second-order valence-corrected chi connectivity index (χ2v) is 5.28. The Morgan fingerprint density at radius 2 is 1.57 bits per heavy atom. The van der Waals surface area contributed by atoms with Crippen molar-refractivity contribution < 1.29 is 83.6 Å². The van der Waals surface area contributed by atoms with Crippen molar-refractivity contribution in [3.8, 4) is 5.75 Å². The molecule has 2 atom stereocenters. The third-order valence-corrected chi connectivity index (χ3v) is 3.59. The van der Waals surface area contributed by atoms with E-state index in [2.05, 4.69) is 10.6 Å². The van der Waals surface area contributed by atoms with Crippen LogP contribution in [0.25, 0.3) is 0 Å². The molecular formula is C16H24CsN3O3. The predicted molar refractivity (Wildman–Crippen MR) is 85.0 cm³/mol. The van der Waals surface area contributed by atoms with Crippen LogP contribution in [-0.4, -0.2) is 35.5 Å². The molecule has 2 amide bonds. The quantitative estimate of drug-likeness (QED) is 0.291. The summed E-state index contributed by atoms with van der Waals surface area (Å²) in [5.74, 6) is -0.133. The largest absolute Gasteiger partial charge is 1.00 e. The van der Waals surface area contributed by atoms with Gasteiger partial charge in [-0.05, 0) is 43.5 Å². The van der Waals surface area contributed by atoms with Crippen molar-refractivity contribution in [3.63, 3.8) is 0 Å². The van der Waals surface area contributed by atoms with Crippen LogP contribution in [0, 0.1) is 7.43 Å². The molecule has 0 aliphatic carbocycles. The van der Waals surface area contributed by atoms with Crippen molar-refractivity contribution in [2.75, 3.05) is 6.54 Å². The molecule has 0 spiro atoms. The van der Waals surface area contributed by atoms with Gasteiger partial charge in [-0.25, -0.2) is 0 Å². The molecule has 0 aromatic heterocycles. The SMILES string of the molecule is NCCCCC1NC(=O)[C@H](Cc2ccc(O)cc2)NC1=O.[CH3-].[Cs+]. The van der Waals surface area contributed by atoms with E-state index in [0.717, 1.165) is 18.4 Å². The average Bonchev–Trinajstić information content (AvgIpc) is 2.46. The monoisotopic (exact) mass is 439 g/mol. The Bertz CT molecular complexity index is 508. The maximum atomic E-state index is 12.1. The summed E-state index contributed by atoms with van der Waals surface area (Å²) < 4.78 is 0. The molecule has 0 bridgehead atoms. The number of hydrogen-bond acceptors (Lipinski definition) is 4. The number of carbonyl (C=O) groups is 2. The van der Waals surface area contributed by atoms with Crippen molar-refractivity contribution in [3.05, 3.63) is 37.3 Å². The number of nitrogens with two attached hydrogens (primary N) is 1. The van der Waals surface area contributed by atoms with E-state index in [9.17, 15) is 14.7 Å². The van der Waals surface area contributed by atoms with Gasteiger partial charge in [-0.2, -0.15) is 0 Å². The van der Waals surface area contributed by atoms with Gasteiger partial charge in [0.05, 0.1) is 0 Å². The van der Waals surface area contributed by atoms with Gasteiger partial charge in [0.15, 0.2) is 0 Å². The van der Waals surface area contributed by atoms with Crippen LogP contribution >= 0.6 is 0 Å². The fraction of sp³-hybridized carbons (Fsp3) is 0.438. The summed E-state index contributed by atoms with van der Waals surface area (Å²) in [7, 11) is 0. The van der Waals surface area contributed by atoms with E-state index >= 15 is 0 Å². The zero-order valence-corrected chi connectivity index (χ0v) is 20.1. The molecule has 1 aliphatic rings. The molecule has 1 unspecified atom stereocenters. The van der Waals surface area contributed by atoms with Crippen LogP contribution in [0.2, 0.25) is 0 Å². The first-order valence-corrected chi connectivity index (χ1v) is 7.19. The predicted octanol–water partition coefficient (Wildman–Crippen LogP) is -2.50. The maximum Gasteiger partial charge on any atom is 1.00 e. The van der Waals surface area contributed by atoms with Gasteiger partial charge in [0.1, 0.15) is 17.8 Å². The van der Waals surface area contributed by atoms with Gasteiger partial charge < -0.3 is 28.9 Å². The van der Waals surface area contributed by atoms with E-state index in [0.29, 0.717) is 19.4 Å².